The molecule has 20 rings (SSSR count). The average molecular weight is 1350 g/mol. The third-order valence-electron chi connectivity index (χ3n) is 20.6. The van der Waals surface area contributed by atoms with E-state index >= 15 is 0 Å². The molecule has 1 aliphatic rings. The molecule has 0 unspecified atom stereocenters. The van der Waals surface area contributed by atoms with Crippen LogP contribution >= 0.6 is 0 Å². The smallest absolute Gasteiger partial charge is 0.0900 e. The van der Waals surface area contributed by atoms with Gasteiger partial charge in [0.05, 0.1) is 45.6 Å². The maximum atomic E-state index is 4.98. The Morgan fingerprint density at radius 2 is 0.453 bits per heavy atom. The predicted molar refractivity (Wildman–Crippen MR) is 439 cm³/mol. The van der Waals surface area contributed by atoms with Gasteiger partial charge in [-0.1, -0.05) is 297 Å². The Morgan fingerprint density at radius 1 is 0.142 bits per heavy atom. The molecule has 0 bridgehead atoms. The van der Waals surface area contributed by atoms with Crippen molar-refractivity contribution in [1.82, 2.24) is 29.9 Å². The minimum atomic E-state index is 0.813. The fourth-order valence-electron chi connectivity index (χ4n) is 15.2. The van der Waals surface area contributed by atoms with E-state index in [-0.39, 0.29) is 0 Å². The highest BCUT2D eigenvalue weighted by molar-refractivity contribution is 6.26. The summed E-state index contributed by atoms with van der Waals surface area (Å²) in [5.74, 6) is 0. The quantitative estimate of drug-likeness (QED) is 0.113. The second-order valence-corrected chi connectivity index (χ2v) is 26.9. The molecule has 0 atom stereocenters. The summed E-state index contributed by atoms with van der Waals surface area (Å²) in [4.78, 5) is 28.9. The van der Waals surface area contributed by atoms with Crippen molar-refractivity contribution in [3.8, 4) is 157 Å². The zero-order valence-corrected chi connectivity index (χ0v) is 57.6. The van der Waals surface area contributed by atoms with E-state index in [1.165, 1.54) is 110 Å². The number of hydrogen-bond acceptors (Lipinski definition) is 6. The molecule has 106 heavy (non-hydrogen) atoms. The molecule has 6 heteroatoms. The topological polar surface area (TPSA) is 77.3 Å². The fourth-order valence-corrected chi connectivity index (χ4v) is 15.2. The molecule has 0 saturated carbocycles. The van der Waals surface area contributed by atoms with Gasteiger partial charge in [0.2, 0.25) is 0 Å². The molecule has 6 nitrogen and oxygen atoms in total. The molecule has 494 valence electrons. The maximum Gasteiger partial charge on any atom is 0.0900 e. The van der Waals surface area contributed by atoms with Crippen molar-refractivity contribution in [1.29, 1.82) is 0 Å². The van der Waals surface area contributed by atoms with Crippen LogP contribution in [0.4, 0.5) is 0 Å². The van der Waals surface area contributed by atoms with Gasteiger partial charge in [0.15, 0.2) is 0 Å². The first-order valence-corrected chi connectivity index (χ1v) is 35.8. The number of benzene rings is 13. The average Bonchev–Trinajstić information content (AvgIpc) is 1.58. The number of hydrogen-bond donors (Lipinski definition) is 0. The lowest BCUT2D eigenvalue weighted by Crippen LogP contribution is -1.94. The summed E-state index contributed by atoms with van der Waals surface area (Å²) in [5.41, 5.74) is 30.3. The first-order valence-electron chi connectivity index (χ1n) is 35.8. The van der Waals surface area contributed by atoms with Crippen LogP contribution in [0.3, 0.4) is 0 Å². The van der Waals surface area contributed by atoms with Crippen LogP contribution in [0.15, 0.2) is 389 Å². The molecule has 0 radical (unpaired) electrons. The van der Waals surface area contributed by atoms with Gasteiger partial charge >= 0.3 is 0 Å². The van der Waals surface area contributed by atoms with E-state index in [4.69, 9.17) is 19.9 Å². The van der Waals surface area contributed by atoms with Gasteiger partial charge in [-0.3, -0.25) is 19.9 Å². The Labute approximate surface area is 614 Å². The highest BCUT2D eigenvalue weighted by Crippen LogP contribution is 2.50. The van der Waals surface area contributed by atoms with Crippen LogP contribution in [0.2, 0.25) is 0 Å². The summed E-state index contributed by atoms with van der Waals surface area (Å²) in [7, 11) is 0. The van der Waals surface area contributed by atoms with E-state index in [1.54, 1.807) is 12.4 Å². The van der Waals surface area contributed by atoms with E-state index in [0.29, 0.717) is 0 Å². The van der Waals surface area contributed by atoms with E-state index < -0.39 is 0 Å². The van der Waals surface area contributed by atoms with Crippen molar-refractivity contribution >= 4 is 43.1 Å². The summed E-state index contributed by atoms with van der Waals surface area (Å²) in [5, 5.41) is 10.4. The molecular weight excluding hydrogens is 1290 g/mol. The minimum Gasteiger partial charge on any atom is -0.255 e. The van der Waals surface area contributed by atoms with E-state index in [0.717, 1.165) is 90.1 Å². The van der Waals surface area contributed by atoms with Crippen molar-refractivity contribution in [3.63, 3.8) is 0 Å². The molecule has 0 spiro atoms. The van der Waals surface area contributed by atoms with E-state index in [2.05, 4.69) is 325 Å². The van der Waals surface area contributed by atoms with Gasteiger partial charge < -0.3 is 0 Å². The molecule has 0 fully saturated rings. The number of aromatic nitrogens is 6. The first kappa shape index (κ1) is 62.8. The number of pyridine rings is 6. The molecule has 0 saturated heterocycles. The minimum absolute atomic E-state index is 0.813. The van der Waals surface area contributed by atoms with Crippen molar-refractivity contribution in [2.75, 3.05) is 0 Å². The Hall–Kier alpha value is -14.2. The molecular formula is C100H64N6. The lowest BCUT2D eigenvalue weighted by Gasteiger charge is -2.12. The van der Waals surface area contributed by atoms with Crippen molar-refractivity contribution < 1.29 is 0 Å². The van der Waals surface area contributed by atoms with Gasteiger partial charge in [-0.2, -0.15) is 0 Å². The van der Waals surface area contributed by atoms with Gasteiger partial charge in [0.25, 0.3) is 0 Å². The standard InChI is InChI=1S/C51H33N3.C49H31N3/c1-2-10-34(11-3-1)41-31-50(48-16-8-9-29-52-48)54-51(32-41)49-28-26-40(33-53-49)38-23-19-36(20-24-38)35-17-21-37(22-18-35)39-25-27-46-44-14-5-4-12-42(44)43-13-6-7-15-45(43)47(46)30-39;1-2-9-32(10-3-1)38-29-47(45-15-6-7-28-50-45)52-48(30-38)46-27-24-37(31-51-46)35-18-16-33(17-19-35)34-20-22-36(23-21-34)39-25-26-44-41-12-5-4-11-40(41)43-14-8-13-42(39)49(43)44/h1-33H;1-31H. The van der Waals surface area contributed by atoms with Crippen molar-refractivity contribution in [2.45, 2.75) is 0 Å². The normalized spacial score (nSPS) is 11.4. The van der Waals surface area contributed by atoms with Gasteiger partial charge in [-0.25, -0.2) is 9.97 Å². The second-order valence-electron chi connectivity index (χ2n) is 26.9. The molecule has 19 aromatic rings. The van der Waals surface area contributed by atoms with Crippen LogP contribution in [0.25, 0.3) is 200 Å². The Morgan fingerprint density at radius 3 is 0.877 bits per heavy atom. The van der Waals surface area contributed by atoms with Crippen LogP contribution in [-0.4, -0.2) is 29.9 Å². The van der Waals surface area contributed by atoms with E-state index in [1.807, 2.05) is 60.9 Å². The predicted octanol–water partition coefficient (Wildman–Crippen LogP) is 26.0. The fraction of sp³-hybridized carbons (Fsp3) is 0. The molecule has 0 N–H and O–H groups in total. The Bertz CT molecular complexity index is 6290. The molecule has 6 heterocycles. The highest BCUT2D eigenvalue weighted by atomic mass is 14.8. The summed E-state index contributed by atoms with van der Waals surface area (Å²) in [6, 6.07) is 129. The van der Waals surface area contributed by atoms with Crippen LogP contribution in [0, 0.1) is 0 Å². The molecule has 6 aromatic heterocycles. The molecule has 0 amide bonds. The van der Waals surface area contributed by atoms with Crippen LogP contribution in [-0.2, 0) is 0 Å². The molecule has 0 aliphatic heterocycles. The first-order chi connectivity index (χ1) is 52.5. The van der Waals surface area contributed by atoms with Gasteiger partial charge in [-0.15, -0.1) is 0 Å². The summed E-state index contributed by atoms with van der Waals surface area (Å²) < 4.78 is 0. The van der Waals surface area contributed by atoms with Gasteiger partial charge in [-0.05, 0) is 210 Å². The lowest BCUT2D eigenvalue weighted by molar-refractivity contribution is 1.22. The number of nitrogens with zero attached hydrogens (tertiary/aromatic N) is 6. The number of fused-ring (bicyclic) bond motifs is 9. The summed E-state index contributed by atoms with van der Waals surface area (Å²) >= 11 is 0. The Kier molecular flexibility index (Phi) is 16.2. The van der Waals surface area contributed by atoms with Crippen molar-refractivity contribution in [2.24, 2.45) is 0 Å². The Balaban J connectivity index is 0.000000145. The highest BCUT2D eigenvalue weighted by Gasteiger charge is 2.23. The van der Waals surface area contributed by atoms with Crippen LogP contribution in [0.1, 0.15) is 0 Å². The van der Waals surface area contributed by atoms with Gasteiger partial charge in [0.1, 0.15) is 0 Å². The van der Waals surface area contributed by atoms with Crippen molar-refractivity contribution in [3.05, 3.63) is 389 Å². The third kappa shape index (κ3) is 12.0. The molecule has 13 aromatic carbocycles. The zero-order chi connectivity index (χ0) is 70.3. The lowest BCUT2D eigenvalue weighted by atomic mass is 9.92. The van der Waals surface area contributed by atoms with E-state index in [9.17, 15) is 0 Å². The van der Waals surface area contributed by atoms with Crippen LogP contribution in [0.5, 0.6) is 0 Å². The molecule has 1 aliphatic carbocycles. The second kappa shape index (κ2) is 27.3. The van der Waals surface area contributed by atoms with Crippen LogP contribution < -0.4 is 0 Å². The monoisotopic (exact) mass is 1350 g/mol. The summed E-state index contributed by atoms with van der Waals surface area (Å²) in [6.45, 7) is 0. The largest absolute Gasteiger partial charge is 0.255 e. The SMILES string of the molecule is c1ccc(-c2cc(-c3ccccn3)nc(-c3ccc(-c4ccc(-c5ccc(-c6ccc7c8c(cccc68)-c6ccccc6-7)cc5)cc4)cn3)c2)cc1.c1ccc(-c2cc(-c3ccccn3)nc(-c3ccc(-c4ccc(-c5ccc(-c6ccc7c8ccccc8c8ccccc8c7c6)cc5)cc4)cn3)c2)cc1. The maximum absolute atomic E-state index is 4.98. The zero-order valence-electron chi connectivity index (χ0n) is 57.6. The summed E-state index contributed by atoms with van der Waals surface area (Å²) in [6.07, 6.45) is 7.47. The third-order valence-corrected chi connectivity index (χ3v) is 20.6. The number of rotatable bonds is 12. The van der Waals surface area contributed by atoms with Gasteiger partial charge in [0, 0.05) is 35.9 Å².